The third kappa shape index (κ3) is 3.93. The topological polar surface area (TPSA) is 82.5 Å². The summed E-state index contributed by atoms with van der Waals surface area (Å²) in [7, 11) is 1.80. The Hall–Kier alpha value is -2.11. The number of hydrogen-bond acceptors (Lipinski definition) is 3. The number of anilines is 1. The van der Waals surface area contributed by atoms with Gasteiger partial charge in [0.1, 0.15) is 5.69 Å². The van der Waals surface area contributed by atoms with Gasteiger partial charge in [0, 0.05) is 13.1 Å². The van der Waals surface area contributed by atoms with E-state index in [4.69, 9.17) is 5.11 Å². The number of carboxylic acids is 1. The number of hydrogen-bond donors (Lipinski definition) is 2. The number of urea groups is 1. The second-order valence-corrected chi connectivity index (χ2v) is 5.69. The van der Waals surface area contributed by atoms with Crippen molar-refractivity contribution in [3.8, 4) is 0 Å². The van der Waals surface area contributed by atoms with Gasteiger partial charge in [0.2, 0.25) is 0 Å². The quantitative estimate of drug-likeness (QED) is 0.897. The predicted octanol–water partition coefficient (Wildman–Crippen LogP) is 2.82. The summed E-state index contributed by atoms with van der Waals surface area (Å²) in [5.41, 5.74) is 0.462. The highest BCUT2D eigenvalue weighted by molar-refractivity contribution is 5.90. The van der Waals surface area contributed by atoms with Crippen LogP contribution in [-0.4, -0.2) is 40.1 Å². The number of pyridine rings is 1. The first-order chi connectivity index (χ1) is 9.97. The molecule has 0 spiro atoms. The number of aromatic carboxylic acids is 1. The maximum absolute atomic E-state index is 12.2. The summed E-state index contributed by atoms with van der Waals surface area (Å²) >= 11 is 0. The van der Waals surface area contributed by atoms with Crippen LogP contribution in [0.5, 0.6) is 0 Å². The van der Waals surface area contributed by atoms with E-state index in [0.717, 1.165) is 31.6 Å². The van der Waals surface area contributed by atoms with Gasteiger partial charge in [0.15, 0.2) is 0 Å². The predicted molar refractivity (Wildman–Crippen MR) is 79.4 cm³/mol. The Kier molecular flexibility index (Phi) is 4.77. The van der Waals surface area contributed by atoms with Crippen molar-refractivity contribution in [1.82, 2.24) is 9.88 Å². The van der Waals surface area contributed by atoms with Crippen LogP contribution in [0, 0.1) is 5.92 Å². The van der Waals surface area contributed by atoms with Crippen LogP contribution in [0.25, 0.3) is 0 Å². The van der Waals surface area contributed by atoms with Gasteiger partial charge in [-0.3, -0.25) is 0 Å². The monoisotopic (exact) mass is 291 g/mol. The van der Waals surface area contributed by atoms with E-state index in [1.165, 1.54) is 12.3 Å². The molecule has 2 N–H and O–H groups in total. The number of aromatic nitrogens is 1. The van der Waals surface area contributed by atoms with Crippen LogP contribution in [-0.2, 0) is 0 Å². The summed E-state index contributed by atoms with van der Waals surface area (Å²) in [5, 5.41) is 11.5. The fourth-order valence-corrected chi connectivity index (χ4v) is 2.60. The van der Waals surface area contributed by atoms with Crippen LogP contribution < -0.4 is 5.32 Å². The van der Waals surface area contributed by atoms with Crippen LogP contribution in [0.4, 0.5) is 10.5 Å². The number of amides is 2. The first-order valence-electron chi connectivity index (χ1n) is 7.20. The minimum absolute atomic E-state index is 0.0392. The third-order valence-electron chi connectivity index (χ3n) is 4.09. The lowest BCUT2D eigenvalue weighted by atomic mass is 9.87. The van der Waals surface area contributed by atoms with Crippen LogP contribution in [0.2, 0.25) is 0 Å². The molecule has 6 nitrogen and oxygen atoms in total. The minimum Gasteiger partial charge on any atom is -0.477 e. The molecule has 0 radical (unpaired) electrons. The fraction of sp³-hybridized carbons (Fsp3) is 0.533. The van der Waals surface area contributed by atoms with E-state index < -0.39 is 5.97 Å². The van der Waals surface area contributed by atoms with Gasteiger partial charge in [-0.25, -0.2) is 14.6 Å². The van der Waals surface area contributed by atoms with Crippen molar-refractivity contribution in [3.05, 3.63) is 24.0 Å². The zero-order chi connectivity index (χ0) is 15.4. The lowest BCUT2D eigenvalue weighted by Crippen LogP contribution is -2.41. The van der Waals surface area contributed by atoms with E-state index in [1.807, 2.05) is 0 Å². The molecule has 2 rings (SSSR count). The second-order valence-electron chi connectivity index (χ2n) is 5.69. The molecule has 0 aromatic carbocycles. The number of nitrogens with one attached hydrogen (secondary N) is 1. The molecule has 0 bridgehead atoms. The molecular weight excluding hydrogens is 270 g/mol. The van der Waals surface area contributed by atoms with Crippen LogP contribution in [0.3, 0.4) is 0 Å². The summed E-state index contributed by atoms with van der Waals surface area (Å²) in [5.74, 6) is -0.341. The highest BCUT2D eigenvalue weighted by atomic mass is 16.4. The molecule has 6 heteroatoms. The minimum atomic E-state index is -1.08. The number of carbonyl (C=O) groups excluding carboxylic acids is 1. The van der Waals surface area contributed by atoms with Crippen molar-refractivity contribution < 1.29 is 14.7 Å². The van der Waals surface area contributed by atoms with Crippen molar-refractivity contribution in [1.29, 1.82) is 0 Å². The number of nitrogens with zero attached hydrogens (tertiary/aromatic N) is 2. The van der Waals surface area contributed by atoms with Crippen molar-refractivity contribution in [3.63, 3.8) is 0 Å². The molecule has 0 aliphatic heterocycles. The van der Waals surface area contributed by atoms with Crippen molar-refractivity contribution >= 4 is 17.7 Å². The summed E-state index contributed by atoms with van der Waals surface area (Å²) in [6, 6.07) is 3.01. The average Bonchev–Trinajstić information content (AvgIpc) is 2.47. The smallest absolute Gasteiger partial charge is 0.354 e. The Labute approximate surface area is 124 Å². The summed E-state index contributed by atoms with van der Waals surface area (Å²) in [6.45, 7) is 2.24. The van der Waals surface area contributed by atoms with Gasteiger partial charge in [-0.05, 0) is 43.7 Å². The molecule has 1 aliphatic carbocycles. The average molecular weight is 291 g/mol. The standard InChI is InChI=1S/C15H21N3O3/c1-10-3-6-12(7-4-10)18(2)15(21)17-11-5-8-13(14(19)20)16-9-11/h5,8-10,12H,3-4,6-7H2,1-2H3,(H,17,21)(H,19,20). The number of rotatable bonds is 3. The van der Waals surface area contributed by atoms with E-state index in [9.17, 15) is 9.59 Å². The Balaban J connectivity index is 1.92. The first kappa shape index (κ1) is 15.3. The molecule has 0 unspecified atom stereocenters. The van der Waals surface area contributed by atoms with Crippen molar-refractivity contribution in [2.24, 2.45) is 5.92 Å². The molecule has 114 valence electrons. The molecule has 21 heavy (non-hydrogen) atoms. The van der Waals surface area contributed by atoms with Gasteiger partial charge in [-0.15, -0.1) is 0 Å². The molecule has 0 atom stereocenters. The van der Waals surface area contributed by atoms with Gasteiger partial charge in [0.05, 0.1) is 11.9 Å². The van der Waals surface area contributed by atoms with Gasteiger partial charge in [-0.2, -0.15) is 0 Å². The summed E-state index contributed by atoms with van der Waals surface area (Å²) in [6.07, 6.45) is 5.72. The van der Waals surface area contributed by atoms with Gasteiger partial charge in [0.25, 0.3) is 0 Å². The third-order valence-corrected chi connectivity index (χ3v) is 4.09. The van der Waals surface area contributed by atoms with Crippen LogP contribution >= 0.6 is 0 Å². The molecule has 1 saturated carbocycles. The maximum Gasteiger partial charge on any atom is 0.354 e. The van der Waals surface area contributed by atoms with Crippen LogP contribution in [0.1, 0.15) is 43.1 Å². The molecule has 2 amide bonds. The Morgan fingerprint density at radius 3 is 2.48 bits per heavy atom. The molecule has 1 aromatic rings. The van der Waals surface area contributed by atoms with Gasteiger partial charge in [-0.1, -0.05) is 6.92 Å². The molecule has 0 saturated heterocycles. The second kappa shape index (κ2) is 6.56. The van der Waals surface area contributed by atoms with E-state index in [2.05, 4.69) is 17.2 Å². The van der Waals surface area contributed by atoms with Gasteiger partial charge >= 0.3 is 12.0 Å². The zero-order valence-corrected chi connectivity index (χ0v) is 12.4. The Morgan fingerprint density at radius 2 is 1.95 bits per heavy atom. The molecule has 1 aliphatic rings. The first-order valence-corrected chi connectivity index (χ1v) is 7.20. The van der Waals surface area contributed by atoms with E-state index >= 15 is 0 Å². The summed E-state index contributed by atoms with van der Waals surface area (Å²) < 4.78 is 0. The highest BCUT2D eigenvalue weighted by Gasteiger charge is 2.24. The zero-order valence-electron chi connectivity index (χ0n) is 12.4. The molecule has 1 fully saturated rings. The lowest BCUT2D eigenvalue weighted by Gasteiger charge is -2.33. The number of carbonyl (C=O) groups is 2. The van der Waals surface area contributed by atoms with Crippen LogP contribution in [0.15, 0.2) is 18.3 Å². The number of carboxylic acid groups (broad SMARTS) is 1. The molecule has 1 aromatic heterocycles. The molecular formula is C15H21N3O3. The van der Waals surface area contributed by atoms with Gasteiger partial charge < -0.3 is 15.3 Å². The lowest BCUT2D eigenvalue weighted by molar-refractivity contribution is 0.0690. The highest BCUT2D eigenvalue weighted by Crippen LogP contribution is 2.26. The molecule has 1 heterocycles. The Bertz CT molecular complexity index is 507. The fourth-order valence-electron chi connectivity index (χ4n) is 2.60. The maximum atomic E-state index is 12.2. The summed E-state index contributed by atoms with van der Waals surface area (Å²) in [4.78, 5) is 28.4. The van der Waals surface area contributed by atoms with E-state index in [-0.39, 0.29) is 17.8 Å². The largest absolute Gasteiger partial charge is 0.477 e. The van der Waals surface area contributed by atoms with Crippen molar-refractivity contribution in [2.75, 3.05) is 12.4 Å². The van der Waals surface area contributed by atoms with E-state index in [0.29, 0.717) is 5.69 Å². The van der Waals surface area contributed by atoms with E-state index in [1.54, 1.807) is 18.0 Å². The normalized spacial score (nSPS) is 21.6. The SMILES string of the molecule is CC1CCC(N(C)C(=O)Nc2ccc(C(=O)O)nc2)CC1. The Morgan fingerprint density at radius 1 is 1.29 bits per heavy atom. The van der Waals surface area contributed by atoms with Crippen molar-refractivity contribution in [2.45, 2.75) is 38.6 Å².